The third kappa shape index (κ3) is 11.2. The van der Waals surface area contributed by atoms with Gasteiger partial charge in [0.2, 0.25) is 0 Å². The molecule has 1 atom stereocenters. The lowest BCUT2D eigenvalue weighted by atomic mass is 9.84. The highest BCUT2D eigenvalue weighted by molar-refractivity contribution is 5.28. The summed E-state index contributed by atoms with van der Waals surface area (Å²) in [6, 6.07) is 8.81. The van der Waals surface area contributed by atoms with Gasteiger partial charge in [0, 0.05) is 0 Å². The Hall–Kier alpha value is -1.24. The van der Waals surface area contributed by atoms with Crippen molar-refractivity contribution in [1.29, 1.82) is 0 Å². The quantitative estimate of drug-likeness (QED) is 0.183. The minimum Gasteiger partial charge on any atom is -0.494 e. The van der Waals surface area contributed by atoms with Gasteiger partial charge in [-0.05, 0) is 62.1 Å². The van der Waals surface area contributed by atoms with E-state index in [-0.39, 0.29) is 0 Å². The second-order valence-electron chi connectivity index (χ2n) is 9.47. The standard InChI is InChI=1S/C29H48O/c1-3-5-7-8-9-10-11-12-14-26-15-17-27(18-16-26)19-20-28-21-23-29(24-22-28)30-25-13-6-4-2/h17,21-24,26H,3-16,18-20,25H2,1-2H3. The lowest BCUT2D eigenvalue weighted by Crippen LogP contribution is -2.06. The number of aryl methyl sites for hydroxylation is 1. The Morgan fingerprint density at radius 1 is 0.767 bits per heavy atom. The summed E-state index contributed by atoms with van der Waals surface area (Å²) in [4.78, 5) is 0. The fourth-order valence-electron chi connectivity index (χ4n) is 4.60. The van der Waals surface area contributed by atoms with Gasteiger partial charge in [0.15, 0.2) is 0 Å². The predicted molar refractivity (Wildman–Crippen MR) is 132 cm³/mol. The Labute approximate surface area is 187 Å². The summed E-state index contributed by atoms with van der Waals surface area (Å²) in [5.41, 5.74) is 3.14. The predicted octanol–water partition coefficient (Wildman–Crippen LogP) is 9.45. The maximum absolute atomic E-state index is 5.83. The first-order valence-corrected chi connectivity index (χ1v) is 13.2. The lowest BCUT2D eigenvalue weighted by molar-refractivity contribution is 0.306. The zero-order chi connectivity index (χ0) is 21.3. The molecule has 2 rings (SSSR count). The molecule has 0 saturated carbocycles. The third-order valence-electron chi connectivity index (χ3n) is 6.75. The maximum Gasteiger partial charge on any atom is 0.119 e. The normalized spacial score (nSPS) is 16.5. The molecule has 0 spiro atoms. The van der Waals surface area contributed by atoms with Crippen LogP contribution in [0.4, 0.5) is 0 Å². The van der Waals surface area contributed by atoms with E-state index in [1.807, 2.05) is 0 Å². The topological polar surface area (TPSA) is 9.23 Å². The van der Waals surface area contributed by atoms with Crippen LogP contribution in [0, 0.1) is 5.92 Å². The number of hydrogen-bond acceptors (Lipinski definition) is 1. The largest absolute Gasteiger partial charge is 0.494 e. The number of rotatable bonds is 17. The SMILES string of the molecule is CCCCCCCCCCC1CC=C(CCc2ccc(OCCCCC)cc2)CC1. The zero-order valence-electron chi connectivity index (χ0n) is 20.1. The molecule has 0 N–H and O–H groups in total. The average Bonchev–Trinajstić information content (AvgIpc) is 2.79. The van der Waals surface area contributed by atoms with E-state index in [1.165, 1.54) is 108 Å². The summed E-state index contributed by atoms with van der Waals surface area (Å²) in [5, 5.41) is 0. The highest BCUT2D eigenvalue weighted by atomic mass is 16.5. The van der Waals surface area contributed by atoms with E-state index in [2.05, 4.69) is 44.2 Å². The van der Waals surface area contributed by atoms with Crippen LogP contribution in [0.5, 0.6) is 5.75 Å². The van der Waals surface area contributed by atoms with Crippen molar-refractivity contribution in [2.45, 2.75) is 123 Å². The molecule has 1 nitrogen and oxygen atoms in total. The van der Waals surface area contributed by atoms with E-state index in [1.54, 1.807) is 5.57 Å². The molecule has 1 aliphatic carbocycles. The Balaban J connectivity index is 1.53. The zero-order valence-corrected chi connectivity index (χ0v) is 20.1. The van der Waals surface area contributed by atoms with Crippen LogP contribution in [0.1, 0.15) is 122 Å². The Morgan fingerprint density at radius 3 is 2.10 bits per heavy atom. The van der Waals surface area contributed by atoms with E-state index in [0.29, 0.717) is 0 Å². The molecule has 1 aromatic rings. The van der Waals surface area contributed by atoms with E-state index >= 15 is 0 Å². The average molecular weight is 413 g/mol. The molecule has 0 aromatic heterocycles. The third-order valence-corrected chi connectivity index (χ3v) is 6.75. The van der Waals surface area contributed by atoms with Crippen LogP contribution in [-0.4, -0.2) is 6.61 Å². The molecule has 0 saturated heterocycles. The Bertz CT molecular complexity index is 556. The number of benzene rings is 1. The lowest BCUT2D eigenvalue weighted by Gasteiger charge is -2.22. The number of allylic oxidation sites excluding steroid dienone is 2. The van der Waals surface area contributed by atoms with Crippen LogP contribution in [0.3, 0.4) is 0 Å². The van der Waals surface area contributed by atoms with Crippen molar-refractivity contribution in [2.24, 2.45) is 5.92 Å². The highest BCUT2D eigenvalue weighted by Crippen LogP contribution is 2.30. The summed E-state index contributed by atoms with van der Waals surface area (Å²) in [7, 11) is 0. The van der Waals surface area contributed by atoms with Crippen LogP contribution in [-0.2, 0) is 6.42 Å². The molecule has 30 heavy (non-hydrogen) atoms. The summed E-state index contributed by atoms with van der Waals surface area (Å²) in [5.74, 6) is 1.98. The van der Waals surface area contributed by atoms with E-state index in [0.717, 1.165) is 24.7 Å². The summed E-state index contributed by atoms with van der Waals surface area (Å²) < 4.78 is 5.83. The van der Waals surface area contributed by atoms with Gasteiger partial charge in [-0.1, -0.05) is 108 Å². The van der Waals surface area contributed by atoms with Crippen molar-refractivity contribution in [3.05, 3.63) is 41.5 Å². The molecule has 1 unspecified atom stereocenters. The van der Waals surface area contributed by atoms with Crippen molar-refractivity contribution >= 4 is 0 Å². The van der Waals surface area contributed by atoms with Gasteiger partial charge in [-0.2, -0.15) is 0 Å². The summed E-state index contributed by atoms with van der Waals surface area (Å²) in [6.07, 6.45) is 25.7. The Kier molecular flexibility index (Phi) is 13.7. The van der Waals surface area contributed by atoms with E-state index in [9.17, 15) is 0 Å². The second-order valence-corrected chi connectivity index (χ2v) is 9.47. The minimum absolute atomic E-state index is 0.847. The first-order chi connectivity index (χ1) is 14.8. The van der Waals surface area contributed by atoms with Gasteiger partial charge in [-0.3, -0.25) is 0 Å². The van der Waals surface area contributed by atoms with Gasteiger partial charge in [0.05, 0.1) is 6.61 Å². The van der Waals surface area contributed by atoms with Gasteiger partial charge in [-0.25, -0.2) is 0 Å². The monoisotopic (exact) mass is 412 g/mol. The first-order valence-electron chi connectivity index (χ1n) is 13.2. The minimum atomic E-state index is 0.847. The number of hydrogen-bond donors (Lipinski definition) is 0. The second kappa shape index (κ2) is 16.5. The molecule has 0 bridgehead atoms. The summed E-state index contributed by atoms with van der Waals surface area (Å²) in [6.45, 7) is 5.38. The molecular weight excluding hydrogens is 364 g/mol. The van der Waals surface area contributed by atoms with Gasteiger partial charge >= 0.3 is 0 Å². The van der Waals surface area contributed by atoms with Crippen molar-refractivity contribution in [3.63, 3.8) is 0 Å². The fourth-order valence-corrected chi connectivity index (χ4v) is 4.60. The molecule has 0 amide bonds. The molecule has 1 heteroatoms. The smallest absolute Gasteiger partial charge is 0.119 e. The highest BCUT2D eigenvalue weighted by Gasteiger charge is 2.14. The van der Waals surface area contributed by atoms with Crippen molar-refractivity contribution < 1.29 is 4.74 Å². The van der Waals surface area contributed by atoms with Gasteiger partial charge < -0.3 is 4.74 Å². The van der Waals surface area contributed by atoms with Crippen LogP contribution in [0.15, 0.2) is 35.9 Å². The van der Waals surface area contributed by atoms with Crippen molar-refractivity contribution in [1.82, 2.24) is 0 Å². The van der Waals surface area contributed by atoms with Crippen LogP contribution in [0.2, 0.25) is 0 Å². The van der Waals surface area contributed by atoms with E-state index < -0.39 is 0 Å². The molecule has 1 aromatic carbocycles. The van der Waals surface area contributed by atoms with Crippen LogP contribution < -0.4 is 4.74 Å². The Morgan fingerprint density at radius 2 is 1.43 bits per heavy atom. The van der Waals surface area contributed by atoms with Crippen molar-refractivity contribution in [3.8, 4) is 5.75 Å². The fraction of sp³-hybridized carbons (Fsp3) is 0.724. The molecule has 0 aliphatic heterocycles. The number of unbranched alkanes of at least 4 members (excludes halogenated alkanes) is 9. The van der Waals surface area contributed by atoms with E-state index in [4.69, 9.17) is 4.74 Å². The van der Waals surface area contributed by atoms with Crippen LogP contribution in [0.25, 0.3) is 0 Å². The molecule has 0 radical (unpaired) electrons. The maximum atomic E-state index is 5.83. The molecule has 1 aliphatic rings. The molecule has 0 heterocycles. The first kappa shape index (κ1) is 25.0. The van der Waals surface area contributed by atoms with Gasteiger partial charge in [0.1, 0.15) is 5.75 Å². The van der Waals surface area contributed by atoms with Crippen molar-refractivity contribution in [2.75, 3.05) is 6.61 Å². The van der Waals surface area contributed by atoms with Gasteiger partial charge in [0.25, 0.3) is 0 Å². The van der Waals surface area contributed by atoms with Gasteiger partial charge in [-0.15, -0.1) is 0 Å². The molecular formula is C29H48O. The summed E-state index contributed by atoms with van der Waals surface area (Å²) >= 11 is 0. The van der Waals surface area contributed by atoms with Crippen LogP contribution >= 0.6 is 0 Å². The molecule has 0 fully saturated rings. The number of ether oxygens (including phenoxy) is 1. The molecule has 170 valence electrons.